The van der Waals surface area contributed by atoms with Gasteiger partial charge in [-0.05, 0) is 20.8 Å². The average molecular weight is 186 g/mol. The lowest BCUT2D eigenvalue weighted by molar-refractivity contribution is 0.0326. The first-order chi connectivity index (χ1) is 6.15. The monoisotopic (exact) mass is 186 g/mol. The van der Waals surface area contributed by atoms with Crippen molar-refractivity contribution in [1.29, 1.82) is 0 Å². The fraction of sp³-hybridized carbons (Fsp3) is 1.00. The third-order valence-electron chi connectivity index (χ3n) is 2.88. The SMILES string of the molecule is COC(C)CN1C(C)CNCC1C. The molecule has 0 radical (unpaired) electrons. The van der Waals surface area contributed by atoms with Crippen LogP contribution in [0, 0.1) is 0 Å². The fourth-order valence-corrected chi connectivity index (χ4v) is 1.90. The fourth-order valence-electron chi connectivity index (χ4n) is 1.90. The largest absolute Gasteiger partial charge is 0.380 e. The summed E-state index contributed by atoms with van der Waals surface area (Å²) in [5, 5.41) is 3.42. The van der Waals surface area contributed by atoms with E-state index in [0.29, 0.717) is 18.2 Å². The van der Waals surface area contributed by atoms with Gasteiger partial charge in [-0.25, -0.2) is 0 Å². The van der Waals surface area contributed by atoms with Gasteiger partial charge in [0.25, 0.3) is 0 Å². The molecule has 3 unspecified atom stereocenters. The summed E-state index contributed by atoms with van der Waals surface area (Å²) < 4.78 is 5.29. The van der Waals surface area contributed by atoms with Crippen molar-refractivity contribution in [1.82, 2.24) is 10.2 Å². The predicted octanol–water partition coefficient (Wildman–Crippen LogP) is 0.704. The Bertz CT molecular complexity index is 142. The van der Waals surface area contributed by atoms with Crippen molar-refractivity contribution >= 4 is 0 Å². The third-order valence-corrected chi connectivity index (χ3v) is 2.88. The van der Waals surface area contributed by atoms with Gasteiger partial charge in [0.1, 0.15) is 0 Å². The smallest absolute Gasteiger partial charge is 0.0670 e. The van der Waals surface area contributed by atoms with Gasteiger partial charge < -0.3 is 10.1 Å². The van der Waals surface area contributed by atoms with Crippen molar-refractivity contribution in [3.05, 3.63) is 0 Å². The van der Waals surface area contributed by atoms with E-state index < -0.39 is 0 Å². The van der Waals surface area contributed by atoms with Crippen LogP contribution in [-0.4, -0.2) is 49.8 Å². The van der Waals surface area contributed by atoms with Crippen LogP contribution in [0.2, 0.25) is 0 Å². The maximum atomic E-state index is 5.29. The molecule has 78 valence electrons. The molecule has 0 aromatic carbocycles. The Labute approximate surface area is 81.4 Å². The molecule has 1 N–H and O–H groups in total. The summed E-state index contributed by atoms with van der Waals surface area (Å²) >= 11 is 0. The van der Waals surface area contributed by atoms with Crippen LogP contribution in [0.5, 0.6) is 0 Å². The van der Waals surface area contributed by atoms with E-state index in [-0.39, 0.29) is 0 Å². The molecule has 13 heavy (non-hydrogen) atoms. The molecule has 1 fully saturated rings. The molecule has 0 spiro atoms. The molecule has 0 aromatic rings. The average Bonchev–Trinajstić information content (AvgIpc) is 2.11. The number of hydrogen-bond acceptors (Lipinski definition) is 3. The lowest BCUT2D eigenvalue weighted by Gasteiger charge is -2.40. The minimum Gasteiger partial charge on any atom is -0.380 e. The minimum atomic E-state index is 0.336. The Hall–Kier alpha value is -0.120. The van der Waals surface area contributed by atoms with Gasteiger partial charge in [0.05, 0.1) is 6.10 Å². The molecular weight excluding hydrogens is 164 g/mol. The summed E-state index contributed by atoms with van der Waals surface area (Å²) in [7, 11) is 1.78. The first-order valence-electron chi connectivity index (χ1n) is 5.14. The van der Waals surface area contributed by atoms with E-state index in [1.54, 1.807) is 7.11 Å². The van der Waals surface area contributed by atoms with E-state index in [1.165, 1.54) is 0 Å². The molecule has 0 bridgehead atoms. The molecular formula is C10H22N2O. The van der Waals surface area contributed by atoms with E-state index in [9.17, 15) is 0 Å². The molecule has 1 saturated heterocycles. The van der Waals surface area contributed by atoms with Crippen molar-refractivity contribution in [2.24, 2.45) is 0 Å². The van der Waals surface area contributed by atoms with Crippen LogP contribution in [0.25, 0.3) is 0 Å². The van der Waals surface area contributed by atoms with Crippen LogP contribution in [0.4, 0.5) is 0 Å². The number of methoxy groups -OCH3 is 1. The second kappa shape index (κ2) is 4.94. The summed E-state index contributed by atoms with van der Waals surface area (Å²) in [5.74, 6) is 0. The normalized spacial score (nSPS) is 33.2. The molecule has 3 atom stereocenters. The lowest BCUT2D eigenvalue weighted by Crippen LogP contribution is -2.56. The van der Waals surface area contributed by atoms with E-state index in [0.717, 1.165) is 19.6 Å². The molecule has 0 saturated carbocycles. The van der Waals surface area contributed by atoms with Crippen molar-refractivity contribution in [2.45, 2.75) is 39.0 Å². The zero-order chi connectivity index (χ0) is 9.84. The molecule has 1 aliphatic heterocycles. The quantitative estimate of drug-likeness (QED) is 0.702. The third kappa shape index (κ3) is 2.93. The van der Waals surface area contributed by atoms with Crippen LogP contribution >= 0.6 is 0 Å². The Morgan fingerprint density at radius 2 is 1.92 bits per heavy atom. The highest BCUT2D eigenvalue weighted by Crippen LogP contribution is 2.10. The van der Waals surface area contributed by atoms with Crippen molar-refractivity contribution in [3.8, 4) is 0 Å². The van der Waals surface area contributed by atoms with Gasteiger partial charge >= 0.3 is 0 Å². The number of ether oxygens (including phenoxy) is 1. The first kappa shape index (κ1) is 11.0. The summed E-state index contributed by atoms with van der Waals surface area (Å²) in [4.78, 5) is 2.52. The van der Waals surface area contributed by atoms with Gasteiger partial charge in [-0.3, -0.25) is 4.90 Å². The summed E-state index contributed by atoms with van der Waals surface area (Å²) in [5.41, 5.74) is 0. The zero-order valence-corrected chi connectivity index (χ0v) is 9.21. The number of nitrogens with one attached hydrogen (secondary N) is 1. The van der Waals surface area contributed by atoms with Gasteiger partial charge in [0.2, 0.25) is 0 Å². The molecule has 1 aliphatic rings. The Kier molecular flexibility index (Phi) is 4.16. The van der Waals surface area contributed by atoms with Gasteiger partial charge in [0, 0.05) is 38.8 Å². The lowest BCUT2D eigenvalue weighted by atomic mass is 10.1. The first-order valence-corrected chi connectivity index (χ1v) is 5.14. The molecule has 0 amide bonds. The summed E-state index contributed by atoms with van der Waals surface area (Å²) in [6.07, 6.45) is 0.336. The van der Waals surface area contributed by atoms with Gasteiger partial charge in [-0.1, -0.05) is 0 Å². The Balaban J connectivity index is 2.43. The van der Waals surface area contributed by atoms with E-state index in [2.05, 4.69) is 31.0 Å². The highest BCUT2D eigenvalue weighted by molar-refractivity contribution is 4.83. The van der Waals surface area contributed by atoms with E-state index in [4.69, 9.17) is 4.74 Å². The van der Waals surface area contributed by atoms with Crippen molar-refractivity contribution in [2.75, 3.05) is 26.7 Å². The summed E-state index contributed by atoms with van der Waals surface area (Å²) in [6, 6.07) is 1.25. The Morgan fingerprint density at radius 1 is 1.38 bits per heavy atom. The van der Waals surface area contributed by atoms with Gasteiger partial charge in [-0.15, -0.1) is 0 Å². The second-order valence-corrected chi connectivity index (χ2v) is 4.10. The molecule has 3 heteroatoms. The standard InChI is InChI=1S/C10H22N2O/c1-8-5-11-6-9(2)12(8)7-10(3)13-4/h8-11H,5-7H2,1-4H3. The molecule has 1 heterocycles. The van der Waals surface area contributed by atoms with Crippen molar-refractivity contribution < 1.29 is 4.74 Å². The highest BCUT2D eigenvalue weighted by atomic mass is 16.5. The topological polar surface area (TPSA) is 24.5 Å². The number of rotatable bonds is 3. The molecule has 1 rings (SSSR count). The highest BCUT2D eigenvalue weighted by Gasteiger charge is 2.25. The van der Waals surface area contributed by atoms with Crippen LogP contribution in [0.15, 0.2) is 0 Å². The van der Waals surface area contributed by atoms with Crippen molar-refractivity contribution in [3.63, 3.8) is 0 Å². The maximum Gasteiger partial charge on any atom is 0.0670 e. The second-order valence-electron chi connectivity index (χ2n) is 4.10. The zero-order valence-electron chi connectivity index (χ0n) is 9.21. The number of nitrogens with zero attached hydrogens (tertiary/aromatic N) is 1. The summed E-state index contributed by atoms with van der Waals surface area (Å²) in [6.45, 7) is 9.90. The van der Waals surface area contributed by atoms with E-state index in [1.807, 2.05) is 0 Å². The van der Waals surface area contributed by atoms with Gasteiger partial charge in [0.15, 0.2) is 0 Å². The molecule has 0 aliphatic carbocycles. The maximum absolute atomic E-state index is 5.29. The van der Waals surface area contributed by atoms with Crippen LogP contribution in [0.1, 0.15) is 20.8 Å². The minimum absolute atomic E-state index is 0.336. The number of piperazine rings is 1. The van der Waals surface area contributed by atoms with Gasteiger partial charge in [-0.2, -0.15) is 0 Å². The van der Waals surface area contributed by atoms with Crippen LogP contribution in [-0.2, 0) is 4.74 Å². The molecule has 3 nitrogen and oxygen atoms in total. The van der Waals surface area contributed by atoms with E-state index >= 15 is 0 Å². The van der Waals surface area contributed by atoms with Crippen LogP contribution in [0.3, 0.4) is 0 Å². The van der Waals surface area contributed by atoms with Crippen LogP contribution < -0.4 is 5.32 Å². The number of hydrogen-bond donors (Lipinski definition) is 1. The molecule has 0 aromatic heterocycles. The Morgan fingerprint density at radius 3 is 2.38 bits per heavy atom. The predicted molar refractivity (Wildman–Crippen MR) is 55.0 cm³/mol.